The maximum atomic E-state index is 13.2. The molecule has 0 aliphatic carbocycles. The summed E-state index contributed by atoms with van der Waals surface area (Å²) in [4.78, 5) is 19.7. The highest BCUT2D eigenvalue weighted by Crippen LogP contribution is 2.28. The van der Waals surface area contributed by atoms with E-state index in [2.05, 4.69) is 10.1 Å². The number of carbonyl (C=O) groups excluding carboxylic acids is 1. The molecule has 3 aromatic rings. The Balaban J connectivity index is 1.33. The van der Waals surface area contributed by atoms with Crippen LogP contribution in [0.5, 0.6) is 11.5 Å². The first-order valence-corrected chi connectivity index (χ1v) is 11.2. The highest BCUT2D eigenvalue weighted by atomic mass is 16.7. The Morgan fingerprint density at radius 3 is 2.79 bits per heavy atom. The number of hydrogen-bond donors (Lipinski definition) is 0. The van der Waals surface area contributed by atoms with Gasteiger partial charge in [0.15, 0.2) is 11.9 Å². The Labute approximate surface area is 192 Å². The Bertz CT molecular complexity index is 1140. The zero-order valence-corrected chi connectivity index (χ0v) is 18.9. The summed E-state index contributed by atoms with van der Waals surface area (Å²) in [5.74, 6) is 1.65. The number of likely N-dealkylation sites (tertiary alicyclic amines) is 1. The van der Waals surface area contributed by atoms with Gasteiger partial charge in [-0.25, -0.2) is 9.67 Å². The summed E-state index contributed by atoms with van der Waals surface area (Å²) in [7, 11) is 3.25. The lowest BCUT2D eigenvalue weighted by Crippen LogP contribution is -2.43. The molecule has 0 saturated carbocycles. The molecule has 2 aromatic heterocycles. The maximum Gasteiger partial charge on any atom is 0.255 e. The van der Waals surface area contributed by atoms with Crippen molar-refractivity contribution in [3.63, 3.8) is 0 Å². The minimum Gasteiger partial charge on any atom is -0.497 e. The van der Waals surface area contributed by atoms with E-state index in [-0.39, 0.29) is 18.1 Å². The number of rotatable bonds is 6. The van der Waals surface area contributed by atoms with E-state index in [4.69, 9.17) is 18.9 Å². The number of piperidine rings is 1. The molecule has 0 radical (unpaired) electrons. The first-order valence-electron chi connectivity index (χ1n) is 11.2. The molecule has 0 N–H and O–H groups in total. The van der Waals surface area contributed by atoms with Gasteiger partial charge in [-0.15, -0.1) is 0 Å². The first-order chi connectivity index (χ1) is 16.2. The molecule has 2 aliphatic heterocycles. The second-order valence-corrected chi connectivity index (χ2v) is 8.38. The molecule has 4 heterocycles. The molecular formula is C24H28N4O5. The predicted octanol–water partition coefficient (Wildman–Crippen LogP) is 2.72. The van der Waals surface area contributed by atoms with Crippen molar-refractivity contribution in [3.8, 4) is 11.5 Å². The highest BCUT2D eigenvalue weighted by Gasteiger charge is 2.33. The van der Waals surface area contributed by atoms with Gasteiger partial charge in [0.25, 0.3) is 5.91 Å². The van der Waals surface area contributed by atoms with Crippen LogP contribution in [0.15, 0.2) is 36.7 Å². The van der Waals surface area contributed by atoms with Crippen LogP contribution in [-0.4, -0.2) is 72.4 Å². The van der Waals surface area contributed by atoms with Crippen LogP contribution in [0.2, 0.25) is 0 Å². The number of methoxy groups -OCH3 is 2. The van der Waals surface area contributed by atoms with Crippen molar-refractivity contribution in [1.29, 1.82) is 0 Å². The fraction of sp³-hybridized carbons (Fsp3) is 0.458. The van der Waals surface area contributed by atoms with Gasteiger partial charge in [0.1, 0.15) is 11.5 Å². The van der Waals surface area contributed by atoms with Gasteiger partial charge in [-0.05, 0) is 31.0 Å². The number of nitrogens with zero attached hydrogens (tertiary/aromatic N) is 4. The number of aromatic nitrogens is 3. The standard InChI is InChI=1S/C24H28N4O5/c1-30-20-6-5-16(21(11-20)31-2)15-28-22-18(13-26-28)10-19(12-25-22)23(29)27-7-3-4-17(14-27)24-32-8-9-33-24/h5-6,10-13,17,24H,3-4,7-9,14-15H2,1-2H3. The minimum atomic E-state index is -0.200. The number of hydrogen-bond acceptors (Lipinski definition) is 7. The third-order valence-corrected chi connectivity index (χ3v) is 6.31. The Morgan fingerprint density at radius 2 is 2.00 bits per heavy atom. The molecule has 174 valence electrons. The molecule has 2 aliphatic rings. The number of benzene rings is 1. The molecule has 2 fully saturated rings. The lowest BCUT2D eigenvalue weighted by atomic mass is 9.97. The summed E-state index contributed by atoms with van der Waals surface area (Å²) >= 11 is 0. The summed E-state index contributed by atoms with van der Waals surface area (Å²) in [5, 5.41) is 5.32. The average molecular weight is 453 g/mol. The molecule has 1 atom stereocenters. The smallest absolute Gasteiger partial charge is 0.255 e. The van der Waals surface area contributed by atoms with Crippen molar-refractivity contribution < 1.29 is 23.7 Å². The van der Waals surface area contributed by atoms with Crippen LogP contribution in [0.3, 0.4) is 0 Å². The number of amides is 1. The number of ether oxygens (including phenoxy) is 4. The summed E-state index contributed by atoms with van der Waals surface area (Å²) in [6.07, 6.45) is 5.13. The van der Waals surface area contributed by atoms with Gasteiger partial charge < -0.3 is 23.8 Å². The van der Waals surface area contributed by atoms with E-state index in [1.54, 1.807) is 31.3 Å². The SMILES string of the molecule is COc1ccc(Cn2ncc3cc(C(=O)N4CCCC(C5OCCO5)C4)cnc32)c(OC)c1. The molecule has 0 bridgehead atoms. The molecule has 33 heavy (non-hydrogen) atoms. The van der Waals surface area contributed by atoms with Crippen molar-refractivity contribution in [2.24, 2.45) is 5.92 Å². The fourth-order valence-electron chi connectivity index (χ4n) is 4.60. The van der Waals surface area contributed by atoms with Crippen molar-refractivity contribution in [2.45, 2.75) is 25.7 Å². The monoisotopic (exact) mass is 452 g/mol. The zero-order valence-electron chi connectivity index (χ0n) is 18.9. The second-order valence-electron chi connectivity index (χ2n) is 8.38. The van der Waals surface area contributed by atoms with E-state index in [0.29, 0.717) is 37.5 Å². The Morgan fingerprint density at radius 1 is 1.15 bits per heavy atom. The molecule has 1 aromatic carbocycles. The van der Waals surface area contributed by atoms with E-state index in [1.165, 1.54) is 0 Å². The summed E-state index contributed by atoms with van der Waals surface area (Å²) in [6.45, 7) is 3.12. The van der Waals surface area contributed by atoms with E-state index >= 15 is 0 Å². The maximum absolute atomic E-state index is 13.2. The number of carbonyl (C=O) groups is 1. The van der Waals surface area contributed by atoms with Gasteiger partial charge in [-0.2, -0.15) is 5.10 Å². The van der Waals surface area contributed by atoms with Gasteiger partial charge >= 0.3 is 0 Å². The van der Waals surface area contributed by atoms with Crippen molar-refractivity contribution >= 4 is 16.9 Å². The highest BCUT2D eigenvalue weighted by molar-refractivity contribution is 5.96. The minimum absolute atomic E-state index is 0.0170. The number of fused-ring (bicyclic) bond motifs is 1. The van der Waals surface area contributed by atoms with E-state index in [1.807, 2.05) is 29.2 Å². The normalized spacial score (nSPS) is 19.2. The van der Waals surface area contributed by atoms with Gasteiger partial charge in [-0.1, -0.05) is 0 Å². The van der Waals surface area contributed by atoms with E-state index < -0.39 is 0 Å². The molecular weight excluding hydrogens is 424 g/mol. The van der Waals surface area contributed by atoms with Crippen LogP contribution in [0.1, 0.15) is 28.8 Å². The average Bonchev–Trinajstić information content (AvgIpc) is 3.54. The summed E-state index contributed by atoms with van der Waals surface area (Å²) < 4.78 is 23.9. The topological polar surface area (TPSA) is 87.9 Å². The third-order valence-electron chi connectivity index (χ3n) is 6.31. The molecule has 0 spiro atoms. The van der Waals surface area contributed by atoms with Crippen LogP contribution >= 0.6 is 0 Å². The van der Waals surface area contributed by atoms with Crippen molar-refractivity contribution in [3.05, 3.63) is 47.8 Å². The number of pyridine rings is 1. The van der Waals surface area contributed by atoms with Crippen LogP contribution in [-0.2, 0) is 16.0 Å². The van der Waals surface area contributed by atoms with Crippen LogP contribution in [0.25, 0.3) is 11.0 Å². The lowest BCUT2D eigenvalue weighted by molar-refractivity contribution is -0.0969. The third kappa shape index (κ3) is 4.38. The molecule has 5 rings (SSSR count). The largest absolute Gasteiger partial charge is 0.497 e. The van der Waals surface area contributed by atoms with Crippen molar-refractivity contribution in [2.75, 3.05) is 40.5 Å². The van der Waals surface area contributed by atoms with E-state index in [9.17, 15) is 4.79 Å². The quantitative estimate of drug-likeness (QED) is 0.568. The van der Waals surface area contributed by atoms with Crippen LogP contribution in [0, 0.1) is 5.92 Å². The first kappa shape index (κ1) is 21.7. The van der Waals surface area contributed by atoms with Crippen LogP contribution < -0.4 is 9.47 Å². The second kappa shape index (κ2) is 9.36. The molecule has 1 unspecified atom stereocenters. The van der Waals surface area contributed by atoms with Crippen LogP contribution in [0.4, 0.5) is 0 Å². The van der Waals surface area contributed by atoms with Gasteiger partial charge in [-0.3, -0.25) is 4.79 Å². The van der Waals surface area contributed by atoms with E-state index in [0.717, 1.165) is 41.8 Å². The van der Waals surface area contributed by atoms with Gasteiger partial charge in [0.05, 0.1) is 45.7 Å². The molecule has 9 nitrogen and oxygen atoms in total. The Kier molecular flexibility index (Phi) is 6.15. The molecule has 9 heteroatoms. The zero-order chi connectivity index (χ0) is 22.8. The van der Waals surface area contributed by atoms with Crippen molar-refractivity contribution in [1.82, 2.24) is 19.7 Å². The molecule has 2 saturated heterocycles. The summed E-state index contributed by atoms with van der Waals surface area (Å²) in [5.41, 5.74) is 2.24. The fourth-order valence-corrected chi connectivity index (χ4v) is 4.60. The molecule has 1 amide bonds. The summed E-state index contributed by atoms with van der Waals surface area (Å²) in [6, 6.07) is 7.55. The Hall–Kier alpha value is -3.17. The predicted molar refractivity (Wildman–Crippen MR) is 120 cm³/mol. The van der Waals surface area contributed by atoms with Gasteiger partial charge in [0.2, 0.25) is 0 Å². The lowest BCUT2D eigenvalue weighted by Gasteiger charge is -2.34. The van der Waals surface area contributed by atoms with Gasteiger partial charge in [0, 0.05) is 42.2 Å².